The molecule has 1 N–H and O–H groups in total. The SMILES string of the molecule is COCC(C)Nc1nnc2ccccc2n1. The number of nitrogens with one attached hydrogen (secondary N) is 1. The average Bonchev–Trinajstić information content (AvgIpc) is 2.29. The first-order valence-corrected chi connectivity index (χ1v) is 5.14. The molecule has 5 nitrogen and oxygen atoms in total. The highest BCUT2D eigenvalue weighted by Crippen LogP contribution is 2.09. The number of methoxy groups -OCH3 is 1. The highest BCUT2D eigenvalue weighted by atomic mass is 16.5. The first kappa shape index (κ1) is 10.8. The summed E-state index contributed by atoms with van der Waals surface area (Å²) in [5, 5.41) is 11.2. The summed E-state index contributed by atoms with van der Waals surface area (Å²) in [4.78, 5) is 4.36. The van der Waals surface area contributed by atoms with Gasteiger partial charge in [0.2, 0.25) is 5.95 Å². The summed E-state index contributed by atoms with van der Waals surface area (Å²) in [5.41, 5.74) is 1.64. The Labute approximate surface area is 93.9 Å². The minimum Gasteiger partial charge on any atom is -0.383 e. The van der Waals surface area contributed by atoms with Crippen LogP contribution < -0.4 is 5.32 Å². The van der Waals surface area contributed by atoms with Crippen LogP contribution in [0.5, 0.6) is 0 Å². The number of hydrogen-bond donors (Lipinski definition) is 1. The maximum atomic E-state index is 5.02. The Kier molecular flexibility index (Phi) is 3.26. The van der Waals surface area contributed by atoms with Crippen LogP contribution in [0.4, 0.5) is 5.95 Å². The predicted molar refractivity (Wildman–Crippen MR) is 62.3 cm³/mol. The highest BCUT2D eigenvalue weighted by Gasteiger charge is 2.04. The molecular weight excluding hydrogens is 204 g/mol. The summed E-state index contributed by atoms with van der Waals surface area (Å²) in [6, 6.07) is 7.81. The Hall–Kier alpha value is -1.75. The van der Waals surface area contributed by atoms with Gasteiger partial charge in [0, 0.05) is 13.2 Å². The number of ether oxygens (including phenoxy) is 1. The molecule has 1 heterocycles. The minimum absolute atomic E-state index is 0.160. The van der Waals surface area contributed by atoms with E-state index in [-0.39, 0.29) is 6.04 Å². The van der Waals surface area contributed by atoms with Gasteiger partial charge in [0.25, 0.3) is 0 Å². The Morgan fingerprint density at radius 3 is 2.75 bits per heavy atom. The molecule has 16 heavy (non-hydrogen) atoms. The molecule has 0 amide bonds. The smallest absolute Gasteiger partial charge is 0.243 e. The second-order valence-corrected chi connectivity index (χ2v) is 3.62. The van der Waals surface area contributed by atoms with Crippen LogP contribution in [0, 0.1) is 0 Å². The number of para-hydroxylation sites is 1. The van der Waals surface area contributed by atoms with Crippen molar-refractivity contribution in [2.75, 3.05) is 19.0 Å². The Morgan fingerprint density at radius 1 is 1.25 bits per heavy atom. The van der Waals surface area contributed by atoms with Gasteiger partial charge in [-0.2, -0.15) is 0 Å². The molecule has 0 radical (unpaired) electrons. The van der Waals surface area contributed by atoms with Gasteiger partial charge >= 0.3 is 0 Å². The van der Waals surface area contributed by atoms with Crippen LogP contribution in [0.3, 0.4) is 0 Å². The second kappa shape index (κ2) is 4.85. The van der Waals surface area contributed by atoms with E-state index in [0.29, 0.717) is 12.6 Å². The third kappa shape index (κ3) is 2.43. The van der Waals surface area contributed by atoms with Gasteiger partial charge in [0.15, 0.2) is 0 Å². The van der Waals surface area contributed by atoms with E-state index in [1.54, 1.807) is 7.11 Å². The Bertz CT molecular complexity index is 474. The van der Waals surface area contributed by atoms with Crippen LogP contribution in [-0.2, 0) is 4.74 Å². The van der Waals surface area contributed by atoms with E-state index in [1.807, 2.05) is 31.2 Å². The molecule has 1 aromatic heterocycles. The minimum atomic E-state index is 0.160. The number of hydrogen-bond acceptors (Lipinski definition) is 5. The number of anilines is 1. The molecule has 1 aromatic carbocycles. The molecule has 0 aliphatic carbocycles. The zero-order valence-electron chi connectivity index (χ0n) is 9.34. The molecule has 0 saturated carbocycles. The lowest BCUT2D eigenvalue weighted by atomic mass is 10.3. The summed E-state index contributed by atoms with van der Waals surface area (Å²) in [6.45, 7) is 2.61. The van der Waals surface area contributed by atoms with E-state index in [9.17, 15) is 0 Å². The van der Waals surface area contributed by atoms with Crippen molar-refractivity contribution in [2.24, 2.45) is 0 Å². The van der Waals surface area contributed by atoms with Gasteiger partial charge in [-0.1, -0.05) is 12.1 Å². The van der Waals surface area contributed by atoms with Gasteiger partial charge in [-0.05, 0) is 19.1 Å². The fourth-order valence-electron chi connectivity index (χ4n) is 1.45. The van der Waals surface area contributed by atoms with Crippen molar-refractivity contribution < 1.29 is 4.74 Å². The molecule has 1 atom stereocenters. The number of fused-ring (bicyclic) bond motifs is 1. The number of benzene rings is 1. The number of rotatable bonds is 4. The van der Waals surface area contributed by atoms with Crippen molar-refractivity contribution in [3.63, 3.8) is 0 Å². The highest BCUT2D eigenvalue weighted by molar-refractivity contribution is 5.74. The summed E-state index contributed by atoms with van der Waals surface area (Å²) in [5.74, 6) is 0.531. The summed E-state index contributed by atoms with van der Waals surface area (Å²) in [6.07, 6.45) is 0. The first-order valence-electron chi connectivity index (χ1n) is 5.14. The molecule has 0 saturated heterocycles. The molecule has 0 fully saturated rings. The van der Waals surface area contributed by atoms with Crippen LogP contribution >= 0.6 is 0 Å². The summed E-state index contributed by atoms with van der Waals surface area (Å²) in [7, 11) is 1.66. The van der Waals surface area contributed by atoms with Crippen molar-refractivity contribution in [1.29, 1.82) is 0 Å². The predicted octanol–water partition coefficient (Wildman–Crippen LogP) is 1.47. The van der Waals surface area contributed by atoms with E-state index < -0.39 is 0 Å². The van der Waals surface area contributed by atoms with Gasteiger partial charge < -0.3 is 10.1 Å². The lowest BCUT2D eigenvalue weighted by molar-refractivity contribution is 0.190. The standard InChI is InChI=1S/C11H14N4O/c1-8(7-16-2)12-11-13-9-5-3-4-6-10(9)14-15-11/h3-6,8H,7H2,1-2H3,(H,12,13,15). The molecule has 1 unspecified atom stereocenters. The monoisotopic (exact) mass is 218 g/mol. The lowest BCUT2D eigenvalue weighted by Gasteiger charge is -2.11. The van der Waals surface area contributed by atoms with Gasteiger partial charge in [0.1, 0.15) is 5.52 Å². The van der Waals surface area contributed by atoms with Crippen molar-refractivity contribution in [1.82, 2.24) is 15.2 Å². The van der Waals surface area contributed by atoms with Crippen LogP contribution in [0.2, 0.25) is 0 Å². The maximum absolute atomic E-state index is 5.02. The van der Waals surface area contributed by atoms with E-state index >= 15 is 0 Å². The van der Waals surface area contributed by atoms with Crippen molar-refractivity contribution in [3.8, 4) is 0 Å². The molecule has 84 valence electrons. The topological polar surface area (TPSA) is 59.9 Å². The van der Waals surface area contributed by atoms with Gasteiger partial charge in [-0.15, -0.1) is 10.2 Å². The van der Waals surface area contributed by atoms with Crippen LogP contribution in [0.25, 0.3) is 11.0 Å². The fourth-order valence-corrected chi connectivity index (χ4v) is 1.45. The van der Waals surface area contributed by atoms with Gasteiger partial charge in [0.05, 0.1) is 12.1 Å². The Morgan fingerprint density at radius 2 is 2.00 bits per heavy atom. The first-order chi connectivity index (χ1) is 7.79. The van der Waals surface area contributed by atoms with Crippen molar-refractivity contribution >= 4 is 17.0 Å². The molecule has 0 aliphatic heterocycles. The maximum Gasteiger partial charge on any atom is 0.243 e. The molecule has 0 spiro atoms. The molecule has 0 aliphatic rings. The van der Waals surface area contributed by atoms with Crippen molar-refractivity contribution in [3.05, 3.63) is 24.3 Å². The molecule has 2 rings (SSSR count). The van der Waals surface area contributed by atoms with E-state index in [2.05, 4.69) is 20.5 Å². The lowest BCUT2D eigenvalue weighted by Crippen LogP contribution is -2.22. The zero-order chi connectivity index (χ0) is 11.4. The van der Waals surface area contributed by atoms with E-state index in [0.717, 1.165) is 11.0 Å². The zero-order valence-corrected chi connectivity index (χ0v) is 9.34. The largest absolute Gasteiger partial charge is 0.383 e. The third-order valence-electron chi connectivity index (χ3n) is 2.15. The Balaban J connectivity index is 2.19. The molecule has 2 aromatic rings. The quantitative estimate of drug-likeness (QED) is 0.842. The third-order valence-corrected chi connectivity index (χ3v) is 2.15. The molecule has 5 heteroatoms. The van der Waals surface area contributed by atoms with Crippen LogP contribution in [-0.4, -0.2) is 34.9 Å². The summed E-state index contributed by atoms with van der Waals surface area (Å²) < 4.78 is 5.02. The number of nitrogens with zero attached hydrogens (tertiary/aromatic N) is 3. The molecule has 0 bridgehead atoms. The number of aromatic nitrogens is 3. The van der Waals surface area contributed by atoms with Crippen molar-refractivity contribution in [2.45, 2.75) is 13.0 Å². The fraction of sp³-hybridized carbons (Fsp3) is 0.364. The van der Waals surface area contributed by atoms with Gasteiger partial charge in [-0.3, -0.25) is 0 Å². The van der Waals surface area contributed by atoms with Crippen LogP contribution in [0.15, 0.2) is 24.3 Å². The van der Waals surface area contributed by atoms with Crippen LogP contribution in [0.1, 0.15) is 6.92 Å². The van der Waals surface area contributed by atoms with Gasteiger partial charge in [-0.25, -0.2) is 4.98 Å². The average molecular weight is 218 g/mol. The molecular formula is C11H14N4O. The van der Waals surface area contributed by atoms with E-state index in [4.69, 9.17) is 4.74 Å². The normalized spacial score (nSPS) is 12.6. The second-order valence-electron chi connectivity index (χ2n) is 3.62. The summed E-state index contributed by atoms with van der Waals surface area (Å²) >= 11 is 0. The van der Waals surface area contributed by atoms with E-state index in [1.165, 1.54) is 0 Å².